The summed E-state index contributed by atoms with van der Waals surface area (Å²) in [6.07, 6.45) is 0.460. The lowest BCUT2D eigenvalue weighted by molar-refractivity contribution is 0.238. The molecule has 0 unspecified atom stereocenters. The smallest absolute Gasteiger partial charge is 0.140 e. The van der Waals surface area contributed by atoms with E-state index in [1.165, 1.54) is 6.07 Å². The van der Waals surface area contributed by atoms with Gasteiger partial charge in [0.15, 0.2) is 0 Å². The average molecular weight is 346 g/mol. The zero-order valence-corrected chi connectivity index (χ0v) is 13.4. The highest BCUT2D eigenvalue weighted by Gasteiger charge is 2.12. The van der Waals surface area contributed by atoms with Gasteiger partial charge in [-0.05, 0) is 18.1 Å². The first-order chi connectivity index (χ1) is 9.42. The van der Waals surface area contributed by atoms with Gasteiger partial charge in [-0.2, -0.15) is 0 Å². The minimum atomic E-state index is -0.225. The van der Waals surface area contributed by atoms with Crippen LogP contribution in [0.25, 0.3) is 0 Å². The van der Waals surface area contributed by atoms with Crippen molar-refractivity contribution >= 4 is 21.8 Å². The van der Waals surface area contributed by atoms with Gasteiger partial charge in [-0.3, -0.25) is 4.90 Å². The maximum Gasteiger partial charge on any atom is 0.140 e. The van der Waals surface area contributed by atoms with Gasteiger partial charge < -0.3 is 10.9 Å². The van der Waals surface area contributed by atoms with Crippen molar-refractivity contribution in [3.63, 3.8) is 0 Å². The van der Waals surface area contributed by atoms with E-state index < -0.39 is 0 Å². The number of hydrogen-bond acceptors (Lipinski definition) is 3. The SMILES string of the molecule is CC(C)CN(CCC(N)=NO)Cc1ccc(Br)cc1F. The molecule has 1 rings (SSSR count). The van der Waals surface area contributed by atoms with E-state index in [9.17, 15) is 4.39 Å². The van der Waals surface area contributed by atoms with Gasteiger partial charge in [-0.25, -0.2) is 4.39 Å². The van der Waals surface area contributed by atoms with Gasteiger partial charge in [0.05, 0.1) is 0 Å². The van der Waals surface area contributed by atoms with Crippen molar-refractivity contribution in [3.05, 3.63) is 34.1 Å². The van der Waals surface area contributed by atoms with Crippen molar-refractivity contribution in [2.75, 3.05) is 13.1 Å². The third kappa shape index (κ3) is 5.88. The van der Waals surface area contributed by atoms with E-state index >= 15 is 0 Å². The molecule has 0 radical (unpaired) electrons. The second kappa shape index (κ2) is 8.21. The summed E-state index contributed by atoms with van der Waals surface area (Å²) >= 11 is 3.25. The Kier molecular flexibility index (Phi) is 6.95. The van der Waals surface area contributed by atoms with E-state index in [4.69, 9.17) is 10.9 Å². The molecule has 0 amide bonds. The van der Waals surface area contributed by atoms with Crippen LogP contribution in [0.15, 0.2) is 27.8 Å². The molecule has 1 aromatic rings. The molecule has 112 valence electrons. The Balaban J connectivity index is 2.72. The summed E-state index contributed by atoms with van der Waals surface area (Å²) in [5, 5.41) is 11.5. The molecule has 0 saturated heterocycles. The molecule has 6 heteroatoms. The number of oxime groups is 1. The summed E-state index contributed by atoms with van der Waals surface area (Å²) < 4.78 is 14.6. The Morgan fingerprint density at radius 2 is 2.20 bits per heavy atom. The predicted molar refractivity (Wildman–Crippen MR) is 82.2 cm³/mol. The molecule has 0 aliphatic rings. The summed E-state index contributed by atoms with van der Waals surface area (Å²) in [6, 6.07) is 5.07. The summed E-state index contributed by atoms with van der Waals surface area (Å²) in [6.45, 7) is 6.18. The summed E-state index contributed by atoms with van der Waals surface area (Å²) in [7, 11) is 0. The van der Waals surface area contributed by atoms with Crippen LogP contribution in [0.1, 0.15) is 25.8 Å². The molecule has 0 bridgehead atoms. The average Bonchev–Trinajstić information content (AvgIpc) is 2.38. The molecule has 0 aliphatic heterocycles. The van der Waals surface area contributed by atoms with Gasteiger partial charge in [-0.15, -0.1) is 0 Å². The molecular formula is C14H21BrFN3O. The van der Waals surface area contributed by atoms with Crippen molar-refractivity contribution in [2.45, 2.75) is 26.8 Å². The van der Waals surface area contributed by atoms with Crippen LogP contribution in [0.4, 0.5) is 4.39 Å². The maximum absolute atomic E-state index is 13.9. The van der Waals surface area contributed by atoms with Gasteiger partial charge in [-0.1, -0.05) is 41.0 Å². The van der Waals surface area contributed by atoms with Gasteiger partial charge in [0.25, 0.3) is 0 Å². The first-order valence-corrected chi connectivity index (χ1v) is 7.34. The fourth-order valence-electron chi connectivity index (χ4n) is 1.96. The zero-order valence-electron chi connectivity index (χ0n) is 11.8. The van der Waals surface area contributed by atoms with Gasteiger partial charge in [0.2, 0.25) is 0 Å². The van der Waals surface area contributed by atoms with E-state index in [1.807, 2.05) is 6.07 Å². The van der Waals surface area contributed by atoms with E-state index in [2.05, 4.69) is 39.8 Å². The first-order valence-electron chi connectivity index (χ1n) is 6.55. The third-order valence-corrected chi connectivity index (χ3v) is 3.34. The molecule has 0 aliphatic carbocycles. The van der Waals surface area contributed by atoms with Crippen molar-refractivity contribution in [3.8, 4) is 0 Å². The van der Waals surface area contributed by atoms with Crippen LogP contribution in [-0.4, -0.2) is 29.0 Å². The molecule has 0 fully saturated rings. The highest BCUT2D eigenvalue weighted by Crippen LogP contribution is 2.17. The van der Waals surface area contributed by atoms with Crippen LogP contribution in [0, 0.1) is 11.7 Å². The second-order valence-corrected chi connectivity index (χ2v) is 6.12. The predicted octanol–water partition coefficient (Wildman–Crippen LogP) is 3.18. The number of nitrogens with zero attached hydrogens (tertiary/aromatic N) is 2. The highest BCUT2D eigenvalue weighted by molar-refractivity contribution is 9.10. The number of halogens is 2. The van der Waals surface area contributed by atoms with E-state index in [-0.39, 0.29) is 11.7 Å². The zero-order chi connectivity index (χ0) is 15.1. The van der Waals surface area contributed by atoms with Crippen molar-refractivity contribution < 1.29 is 9.60 Å². The molecular weight excluding hydrogens is 325 g/mol. The van der Waals surface area contributed by atoms with E-state index in [1.54, 1.807) is 6.07 Å². The lowest BCUT2D eigenvalue weighted by atomic mass is 10.1. The van der Waals surface area contributed by atoms with Crippen LogP contribution in [-0.2, 0) is 6.54 Å². The Morgan fingerprint density at radius 3 is 2.75 bits per heavy atom. The fraction of sp³-hybridized carbons (Fsp3) is 0.500. The van der Waals surface area contributed by atoms with Crippen LogP contribution >= 0.6 is 15.9 Å². The van der Waals surface area contributed by atoms with Crippen LogP contribution in [0.5, 0.6) is 0 Å². The van der Waals surface area contributed by atoms with Gasteiger partial charge in [0, 0.05) is 36.1 Å². The molecule has 20 heavy (non-hydrogen) atoms. The second-order valence-electron chi connectivity index (χ2n) is 5.21. The van der Waals surface area contributed by atoms with Crippen LogP contribution in [0.2, 0.25) is 0 Å². The topological polar surface area (TPSA) is 61.8 Å². The number of nitrogens with two attached hydrogens (primary N) is 1. The largest absolute Gasteiger partial charge is 0.409 e. The minimum absolute atomic E-state index is 0.190. The van der Waals surface area contributed by atoms with Crippen LogP contribution < -0.4 is 5.73 Å². The minimum Gasteiger partial charge on any atom is -0.409 e. The molecule has 0 saturated carbocycles. The molecule has 4 nitrogen and oxygen atoms in total. The summed E-state index contributed by atoms with van der Waals surface area (Å²) in [5.41, 5.74) is 6.13. The lowest BCUT2D eigenvalue weighted by Crippen LogP contribution is -2.31. The van der Waals surface area contributed by atoms with Gasteiger partial charge >= 0.3 is 0 Å². The van der Waals surface area contributed by atoms with Crippen molar-refractivity contribution in [1.29, 1.82) is 0 Å². The lowest BCUT2D eigenvalue weighted by Gasteiger charge is -2.24. The first kappa shape index (κ1) is 16.9. The van der Waals surface area contributed by atoms with Gasteiger partial charge in [0.1, 0.15) is 11.7 Å². The summed E-state index contributed by atoms with van der Waals surface area (Å²) in [5.74, 6) is 0.424. The third-order valence-electron chi connectivity index (χ3n) is 2.85. The quantitative estimate of drug-likeness (QED) is 0.345. The normalized spacial score (nSPS) is 12.4. The molecule has 0 spiro atoms. The number of rotatable bonds is 7. The molecule has 0 heterocycles. The van der Waals surface area contributed by atoms with Crippen molar-refractivity contribution in [2.24, 2.45) is 16.8 Å². The Labute approximate surface area is 127 Å². The molecule has 1 aromatic carbocycles. The number of benzene rings is 1. The highest BCUT2D eigenvalue weighted by atomic mass is 79.9. The van der Waals surface area contributed by atoms with E-state index in [0.29, 0.717) is 31.0 Å². The molecule has 0 atom stereocenters. The number of hydrogen-bond donors (Lipinski definition) is 2. The maximum atomic E-state index is 13.9. The van der Waals surface area contributed by atoms with Crippen molar-refractivity contribution in [1.82, 2.24) is 4.90 Å². The Hall–Kier alpha value is -1.14. The molecule has 3 N–H and O–H groups in total. The number of amidine groups is 1. The van der Waals surface area contributed by atoms with E-state index in [0.717, 1.165) is 11.0 Å². The summed E-state index contributed by atoms with van der Waals surface area (Å²) in [4.78, 5) is 2.11. The standard InChI is InChI=1S/C14H21BrFN3O/c1-10(2)8-19(6-5-14(17)18-20)9-11-3-4-12(15)7-13(11)16/h3-4,7,10,20H,5-6,8-9H2,1-2H3,(H2,17,18). The molecule has 0 aromatic heterocycles. The Bertz CT molecular complexity index is 466. The fourth-order valence-corrected chi connectivity index (χ4v) is 2.30. The monoisotopic (exact) mass is 345 g/mol. The Morgan fingerprint density at radius 1 is 1.50 bits per heavy atom. The van der Waals surface area contributed by atoms with Crippen LogP contribution in [0.3, 0.4) is 0 Å².